The second-order valence-electron chi connectivity index (χ2n) is 4.19. The van der Waals surface area contributed by atoms with E-state index in [1.165, 1.54) is 0 Å². The predicted octanol–water partition coefficient (Wildman–Crippen LogP) is 2.52. The van der Waals surface area contributed by atoms with E-state index in [0.717, 1.165) is 5.69 Å². The highest BCUT2D eigenvalue weighted by Gasteiger charge is 2.06. The molecule has 0 radical (unpaired) electrons. The summed E-state index contributed by atoms with van der Waals surface area (Å²) in [4.78, 5) is 16.0. The Morgan fingerprint density at radius 3 is 2.55 bits per heavy atom. The molecule has 0 spiro atoms. The second-order valence-corrected chi connectivity index (χ2v) is 4.19. The van der Waals surface area contributed by atoms with E-state index in [9.17, 15) is 4.79 Å². The Bertz CT molecular complexity index is 691. The van der Waals surface area contributed by atoms with Crippen LogP contribution in [0.15, 0.2) is 67.3 Å². The summed E-state index contributed by atoms with van der Waals surface area (Å²) in [5, 5.41) is 6.93. The number of carbonyl (C=O) groups is 1. The van der Waals surface area contributed by atoms with E-state index in [4.69, 9.17) is 0 Å². The number of hydrogen-bond acceptors (Lipinski definition) is 3. The first-order chi connectivity index (χ1) is 9.83. The molecule has 0 aliphatic heterocycles. The minimum atomic E-state index is -0.162. The molecular formula is C15H12N4O. The number of pyridine rings is 1. The average molecular weight is 264 g/mol. The first-order valence-electron chi connectivity index (χ1n) is 6.14. The number of rotatable bonds is 3. The summed E-state index contributed by atoms with van der Waals surface area (Å²) in [5.74, 6) is -0.162. The maximum Gasteiger partial charge on any atom is 0.255 e. The van der Waals surface area contributed by atoms with Crippen LogP contribution in [-0.4, -0.2) is 20.7 Å². The third-order valence-electron chi connectivity index (χ3n) is 2.82. The van der Waals surface area contributed by atoms with Gasteiger partial charge in [0.15, 0.2) is 0 Å². The van der Waals surface area contributed by atoms with Crippen molar-refractivity contribution in [1.29, 1.82) is 0 Å². The van der Waals surface area contributed by atoms with Crippen LogP contribution in [-0.2, 0) is 0 Å². The molecule has 3 aromatic rings. The highest BCUT2D eigenvalue weighted by molar-refractivity contribution is 6.04. The maximum absolute atomic E-state index is 12.1. The number of carbonyl (C=O) groups excluding carboxylic acids is 1. The van der Waals surface area contributed by atoms with Gasteiger partial charge in [-0.15, -0.1) is 0 Å². The van der Waals surface area contributed by atoms with Crippen LogP contribution in [0, 0.1) is 0 Å². The summed E-state index contributed by atoms with van der Waals surface area (Å²) in [5.41, 5.74) is 2.17. The summed E-state index contributed by atoms with van der Waals surface area (Å²) in [6.45, 7) is 0. The Balaban J connectivity index is 1.76. The Morgan fingerprint density at radius 1 is 1.05 bits per heavy atom. The number of benzene rings is 1. The lowest BCUT2D eigenvalue weighted by Crippen LogP contribution is -2.12. The first-order valence-corrected chi connectivity index (χ1v) is 6.14. The maximum atomic E-state index is 12.1. The normalized spacial score (nSPS) is 10.2. The number of nitrogens with zero attached hydrogens (tertiary/aromatic N) is 3. The van der Waals surface area contributed by atoms with Gasteiger partial charge in [-0.05, 0) is 42.5 Å². The number of anilines is 1. The molecule has 0 atom stereocenters. The van der Waals surface area contributed by atoms with Crippen molar-refractivity contribution in [2.45, 2.75) is 0 Å². The van der Waals surface area contributed by atoms with Crippen molar-refractivity contribution in [1.82, 2.24) is 14.8 Å². The molecule has 0 saturated heterocycles. The smallest absolute Gasteiger partial charge is 0.255 e. The standard InChI is InChI=1S/C15H12N4O/c20-15(18-13-3-1-8-16-11-13)12-4-6-14(7-5-12)19-10-2-9-17-19/h1-11H,(H,18,20). The molecule has 20 heavy (non-hydrogen) atoms. The molecule has 0 saturated carbocycles. The van der Waals surface area contributed by atoms with E-state index >= 15 is 0 Å². The molecule has 5 heteroatoms. The number of nitrogens with one attached hydrogen (secondary N) is 1. The first kappa shape index (κ1) is 12.1. The summed E-state index contributed by atoms with van der Waals surface area (Å²) in [6.07, 6.45) is 6.83. The molecule has 0 aliphatic rings. The molecule has 0 aliphatic carbocycles. The van der Waals surface area contributed by atoms with Crippen molar-refractivity contribution in [2.75, 3.05) is 5.32 Å². The Kier molecular flexibility index (Phi) is 3.24. The van der Waals surface area contributed by atoms with Gasteiger partial charge in [-0.1, -0.05) is 0 Å². The van der Waals surface area contributed by atoms with Gasteiger partial charge in [-0.3, -0.25) is 9.78 Å². The van der Waals surface area contributed by atoms with Gasteiger partial charge in [-0.2, -0.15) is 5.10 Å². The van der Waals surface area contributed by atoms with Crippen LogP contribution in [0.4, 0.5) is 5.69 Å². The molecule has 0 unspecified atom stereocenters. The van der Waals surface area contributed by atoms with Gasteiger partial charge < -0.3 is 5.32 Å². The van der Waals surface area contributed by atoms with Gasteiger partial charge in [0.2, 0.25) is 0 Å². The van der Waals surface area contributed by atoms with E-state index in [0.29, 0.717) is 11.3 Å². The van der Waals surface area contributed by atoms with Crippen LogP contribution < -0.4 is 5.32 Å². The zero-order chi connectivity index (χ0) is 13.8. The molecule has 3 rings (SSSR count). The zero-order valence-electron chi connectivity index (χ0n) is 10.6. The number of hydrogen-bond donors (Lipinski definition) is 1. The van der Waals surface area contributed by atoms with Gasteiger partial charge in [0.05, 0.1) is 17.6 Å². The SMILES string of the molecule is O=C(Nc1cccnc1)c1ccc(-n2cccn2)cc1. The molecule has 2 heterocycles. The minimum absolute atomic E-state index is 0.162. The third-order valence-corrected chi connectivity index (χ3v) is 2.82. The third kappa shape index (κ3) is 2.56. The quantitative estimate of drug-likeness (QED) is 0.790. The number of aromatic nitrogens is 3. The molecule has 1 amide bonds. The van der Waals surface area contributed by atoms with Crippen molar-refractivity contribution in [3.05, 3.63) is 72.8 Å². The fourth-order valence-electron chi connectivity index (χ4n) is 1.83. The molecule has 2 aromatic heterocycles. The monoisotopic (exact) mass is 264 g/mol. The number of amides is 1. The summed E-state index contributed by atoms with van der Waals surface area (Å²) < 4.78 is 1.74. The molecule has 1 N–H and O–H groups in total. The van der Waals surface area contributed by atoms with Crippen LogP contribution in [0.25, 0.3) is 5.69 Å². The predicted molar refractivity (Wildman–Crippen MR) is 75.8 cm³/mol. The summed E-state index contributed by atoms with van der Waals surface area (Å²) >= 11 is 0. The van der Waals surface area contributed by atoms with Crippen LogP contribution in [0.5, 0.6) is 0 Å². The topological polar surface area (TPSA) is 59.8 Å². The molecule has 0 bridgehead atoms. The lowest BCUT2D eigenvalue weighted by molar-refractivity contribution is 0.102. The van der Waals surface area contributed by atoms with Crippen molar-refractivity contribution >= 4 is 11.6 Å². The van der Waals surface area contributed by atoms with Crippen LogP contribution in [0.1, 0.15) is 10.4 Å². The second kappa shape index (κ2) is 5.36. The van der Waals surface area contributed by atoms with Gasteiger partial charge in [-0.25, -0.2) is 4.68 Å². The van der Waals surface area contributed by atoms with Crippen molar-refractivity contribution in [2.24, 2.45) is 0 Å². The fourth-order valence-corrected chi connectivity index (χ4v) is 1.83. The Morgan fingerprint density at radius 2 is 1.90 bits per heavy atom. The summed E-state index contributed by atoms with van der Waals surface area (Å²) in [7, 11) is 0. The lowest BCUT2D eigenvalue weighted by Gasteiger charge is -2.06. The van der Waals surface area contributed by atoms with Gasteiger partial charge in [0.25, 0.3) is 5.91 Å². The Hall–Kier alpha value is -2.95. The van der Waals surface area contributed by atoms with E-state index in [1.807, 2.05) is 24.4 Å². The van der Waals surface area contributed by atoms with Gasteiger partial charge in [0, 0.05) is 24.2 Å². The van der Waals surface area contributed by atoms with Crippen LogP contribution in [0.2, 0.25) is 0 Å². The lowest BCUT2D eigenvalue weighted by atomic mass is 10.2. The zero-order valence-corrected chi connectivity index (χ0v) is 10.6. The fraction of sp³-hybridized carbons (Fsp3) is 0. The van der Waals surface area contributed by atoms with Crippen molar-refractivity contribution in [3.8, 4) is 5.69 Å². The largest absolute Gasteiger partial charge is 0.321 e. The molecule has 98 valence electrons. The molecule has 5 nitrogen and oxygen atoms in total. The van der Waals surface area contributed by atoms with Crippen molar-refractivity contribution in [3.63, 3.8) is 0 Å². The highest BCUT2D eigenvalue weighted by Crippen LogP contribution is 2.11. The van der Waals surface area contributed by atoms with Crippen molar-refractivity contribution < 1.29 is 4.79 Å². The van der Waals surface area contributed by atoms with E-state index in [-0.39, 0.29) is 5.91 Å². The average Bonchev–Trinajstić information content (AvgIpc) is 3.03. The van der Waals surface area contributed by atoms with Crippen LogP contribution in [0.3, 0.4) is 0 Å². The van der Waals surface area contributed by atoms with E-state index < -0.39 is 0 Å². The molecule has 1 aromatic carbocycles. The highest BCUT2D eigenvalue weighted by atomic mass is 16.1. The minimum Gasteiger partial charge on any atom is -0.321 e. The molecule has 0 fully saturated rings. The van der Waals surface area contributed by atoms with Gasteiger partial charge in [0.1, 0.15) is 0 Å². The Labute approximate surface area is 115 Å². The van der Waals surface area contributed by atoms with Crippen LogP contribution >= 0.6 is 0 Å². The molecular weight excluding hydrogens is 252 g/mol. The van der Waals surface area contributed by atoms with Gasteiger partial charge >= 0.3 is 0 Å². The summed E-state index contributed by atoms with van der Waals surface area (Å²) in [6, 6.07) is 12.7. The van der Waals surface area contributed by atoms with E-state index in [1.54, 1.807) is 47.5 Å². The van der Waals surface area contributed by atoms with E-state index in [2.05, 4.69) is 15.4 Å².